The zero-order chi connectivity index (χ0) is 21.3. The van der Waals surface area contributed by atoms with Gasteiger partial charge in [-0.2, -0.15) is 4.98 Å². The summed E-state index contributed by atoms with van der Waals surface area (Å²) in [5, 5.41) is 12.3. The third kappa shape index (κ3) is 4.21. The fraction of sp³-hybridized carbons (Fsp3) is 0.625. The molecule has 1 aliphatic heterocycles. The number of anilines is 1. The van der Waals surface area contributed by atoms with Gasteiger partial charge in [-0.3, -0.25) is 24.5 Å². The minimum absolute atomic E-state index is 0.00350. The maximum Gasteiger partial charge on any atom is 0.695 e. The average Bonchev–Trinajstić information content (AvgIpc) is 3.22. The van der Waals surface area contributed by atoms with E-state index in [1.54, 1.807) is 13.8 Å². The highest BCUT2D eigenvalue weighted by atomic mass is 31.1. The molecule has 13 heteroatoms. The van der Waals surface area contributed by atoms with E-state index in [1.807, 2.05) is 6.92 Å². The van der Waals surface area contributed by atoms with Gasteiger partial charge in [0.25, 0.3) is 5.56 Å². The zero-order valence-corrected chi connectivity index (χ0v) is 17.0. The summed E-state index contributed by atoms with van der Waals surface area (Å²) in [6.45, 7) is 4.92. The molecule has 0 bridgehead atoms. The molecule has 0 saturated carbocycles. The van der Waals surface area contributed by atoms with Crippen molar-refractivity contribution in [1.82, 2.24) is 19.5 Å². The largest absolute Gasteiger partial charge is 0.695 e. The second-order valence-corrected chi connectivity index (χ2v) is 7.70. The number of aliphatic hydroxyl groups is 1. The van der Waals surface area contributed by atoms with Gasteiger partial charge in [-0.05, 0) is 6.42 Å². The van der Waals surface area contributed by atoms with Gasteiger partial charge >= 0.3 is 8.25 Å². The molecule has 0 aromatic carbocycles. The number of amides is 1. The highest BCUT2D eigenvalue weighted by Crippen LogP contribution is 2.41. The number of ether oxygens (including phenoxy) is 1. The quantitative estimate of drug-likeness (QED) is 0.463. The van der Waals surface area contributed by atoms with E-state index in [4.69, 9.17) is 9.26 Å². The Morgan fingerprint density at radius 1 is 1.52 bits per heavy atom. The Bertz CT molecular complexity index is 974. The van der Waals surface area contributed by atoms with Gasteiger partial charge in [0.2, 0.25) is 11.9 Å². The van der Waals surface area contributed by atoms with Crippen molar-refractivity contribution in [2.75, 3.05) is 11.9 Å². The van der Waals surface area contributed by atoms with Crippen molar-refractivity contribution in [2.45, 2.75) is 45.6 Å². The summed E-state index contributed by atoms with van der Waals surface area (Å²) in [7, 11) is -2.97. The van der Waals surface area contributed by atoms with Crippen LogP contribution in [0, 0.1) is 11.8 Å². The van der Waals surface area contributed by atoms with E-state index < -0.39 is 38.2 Å². The number of imidazole rings is 1. The molecule has 158 valence electrons. The van der Waals surface area contributed by atoms with Crippen LogP contribution in [-0.2, 0) is 18.6 Å². The predicted octanol–water partition coefficient (Wildman–Crippen LogP) is 0.665. The van der Waals surface area contributed by atoms with Crippen molar-refractivity contribution in [3.05, 3.63) is 16.7 Å². The van der Waals surface area contributed by atoms with Crippen molar-refractivity contribution in [2.24, 2.45) is 11.8 Å². The Morgan fingerprint density at radius 3 is 2.83 bits per heavy atom. The summed E-state index contributed by atoms with van der Waals surface area (Å²) in [6, 6.07) is 0. The molecule has 0 radical (unpaired) electrons. The lowest BCUT2D eigenvalue weighted by atomic mass is 9.97. The SMILES string of the molecule is CCC1OC(n2cnc3c(=O)[nH]c(NC(=O)C(C)C)nc32)C(O[P+](=O)O)C1CO. The fourth-order valence-corrected chi connectivity index (χ4v) is 3.76. The monoisotopic (exact) mass is 428 g/mol. The number of nitrogens with zero attached hydrogens (tertiary/aromatic N) is 3. The Balaban J connectivity index is 2.05. The first kappa shape index (κ1) is 21.5. The molecule has 12 nitrogen and oxygen atoms in total. The molecule has 0 aliphatic carbocycles. The number of carbonyl (C=O) groups excluding carboxylic acids is 1. The van der Waals surface area contributed by atoms with Gasteiger partial charge in [0.15, 0.2) is 23.5 Å². The topological polar surface area (TPSA) is 169 Å². The Morgan fingerprint density at radius 2 is 2.24 bits per heavy atom. The van der Waals surface area contributed by atoms with Crippen LogP contribution in [-0.4, -0.2) is 54.2 Å². The molecule has 1 saturated heterocycles. The maximum absolute atomic E-state index is 12.4. The van der Waals surface area contributed by atoms with Gasteiger partial charge in [-0.25, -0.2) is 4.98 Å². The van der Waals surface area contributed by atoms with Gasteiger partial charge in [0.05, 0.1) is 19.0 Å². The van der Waals surface area contributed by atoms with Gasteiger partial charge in [-0.1, -0.05) is 20.8 Å². The molecule has 2 aromatic rings. The molecule has 2 aromatic heterocycles. The number of aromatic nitrogens is 4. The number of rotatable bonds is 7. The Hall–Kier alpha value is -2.24. The minimum Gasteiger partial charge on any atom is -0.396 e. The lowest BCUT2D eigenvalue weighted by Gasteiger charge is -2.17. The van der Waals surface area contributed by atoms with E-state index in [-0.39, 0.29) is 35.5 Å². The van der Waals surface area contributed by atoms with Crippen LogP contribution in [0.4, 0.5) is 5.95 Å². The molecule has 5 unspecified atom stereocenters. The van der Waals surface area contributed by atoms with Crippen LogP contribution in [0.1, 0.15) is 33.4 Å². The molecular formula is C16H23N5O7P+. The Kier molecular flexibility index (Phi) is 6.39. The lowest BCUT2D eigenvalue weighted by molar-refractivity contribution is -0.118. The summed E-state index contributed by atoms with van der Waals surface area (Å²) in [5.74, 6) is -1.28. The van der Waals surface area contributed by atoms with Crippen LogP contribution in [0.25, 0.3) is 11.2 Å². The number of hydrogen-bond acceptors (Lipinski definition) is 8. The van der Waals surface area contributed by atoms with E-state index >= 15 is 0 Å². The summed E-state index contributed by atoms with van der Waals surface area (Å²) in [6.07, 6.45) is -0.523. The van der Waals surface area contributed by atoms with E-state index in [1.165, 1.54) is 10.9 Å². The normalized spacial score (nSPS) is 25.0. The molecular weight excluding hydrogens is 405 g/mol. The first-order valence-electron chi connectivity index (χ1n) is 9.13. The standard InChI is InChI=1S/C16H22N5O7P/c1-4-9-8(5-22)11(28-29(25)26)15(27-9)21-6-17-10-12(21)18-16(20-14(10)24)19-13(23)7(2)3/h6-9,11,15,22H,4-5H2,1-3H3,(H2-,18,19,20,23,24,25,26)/p+1. The second-order valence-electron chi connectivity index (χ2n) is 7.01. The van der Waals surface area contributed by atoms with Crippen molar-refractivity contribution >= 4 is 31.3 Å². The molecule has 1 amide bonds. The van der Waals surface area contributed by atoms with Gasteiger partial charge in [0, 0.05) is 16.4 Å². The highest BCUT2D eigenvalue weighted by Gasteiger charge is 2.50. The molecule has 1 aliphatic rings. The van der Waals surface area contributed by atoms with E-state index in [9.17, 15) is 24.2 Å². The zero-order valence-electron chi connectivity index (χ0n) is 16.1. The van der Waals surface area contributed by atoms with Crippen molar-refractivity contribution in [1.29, 1.82) is 0 Å². The van der Waals surface area contributed by atoms with Gasteiger partial charge < -0.3 is 9.84 Å². The van der Waals surface area contributed by atoms with Crippen LogP contribution in [0.3, 0.4) is 0 Å². The number of carbonyl (C=O) groups is 1. The summed E-state index contributed by atoms with van der Waals surface area (Å²) in [4.78, 5) is 44.3. The second kappa shape index (κ2) is 8.64. The van der Waals surface area contributed by atoms with Crippen molar-refractivity contribution in [3.8, 4) is 0 Å². The van der Waals surface area contributed by atoms with Crippen molar-refractivity contribution < 1.29 is 28.6 Å². The van der Waals surface area contributed by atoms with Crippen LogP contribution < -0.4 is 10.9 Å². The van der Waals surface area contributed by atoms with Crippen LogP contribution in [0.15, 0.2) is 11.1 Å². The summed E-state index contributed by atoms with van der Waals surface area (Å²) < 4.78 is 23.8. The number of fused-ring (bicyclic) bond motifs is 1. The fourth-order valence-electron chi connectivity index (χ4n) is 3.29. The first-order valence-corrected chi connectivity index (χ1v) is 10.3. The number of hydrogen-bond donors (Lipinski definition) is 4. The predicted molar refractivity (Wildman–Crippen MR) is 101 cm³/mol. The number of nitrogens with one attached hydrogen (secondary N) is 2. The smallest absolute Gasteiger partial charge is 0.396 e. The molecule has 1 fully saturated rings. The number of aliphatic hydroxyl groups excluding tert-OH is 1. The summed E-state index contributed by atoms with van der Waals surface area (Å²) >= 11 is 0. The van der Waals surface area contributed by atoms with Crippen LogP contribution >= 0.6 is 8.25 Å². The Labute approximate surface area is 166 Å². The molecule has 0 spiro atoms. The molecule has 29 heavy (non-hydrogen) atoms. The number of H-pyrrole nitrogens is 1. The van der Waals surface area contributed by atoms with Crippen LogP contribution in [0.5, 0.6) is 0 Å². The maximum atomic E-state index is 12.4. The van der Waals surface area contributed by atoms with E-state index in [0.29, 0.717) is 6.42 Å². The molecule has 3 heterocycles. The summed E-state index contributed by atoms with van der Waals surface area (Å²) in [5.41, 5.74) is -0.459. The molecule has 3 rings (SSSR count). The average molecular weight is 428 g/mol. The third-order valence-corrected chi connectivity index (χ3v) is 5.22. The van der Waals surface area contributed by atoms with Gasteiger partial charge in [0.1, 0.15) is 0 Å². The number of aromatic amines is 1. The molecule has 5 atom stereocenters. The molecule has 4 N–H and O–H groups in total. The van der Waals surface area contributed by atoms with E-state index in [0.717, 1.165) is 0 Å². The lowest BCUT2D eigenvalue weighted by Crippen LogP contribution is -2.30. The van der Waals surface area contributed by atoms with Gasteiger partial charge in [-0.15, -0.1) is 9.42 Å². The minimum atomic E-state index is -2.97. The highest BCUT2D eigenvalue weighted by molar-refractivity contribution is 7.32. The third-order valence-electron chi connectivity index (χ3n) is 4.79. The first-order chi connectivity index (χ1) is 13.8. The van der Waals surface area contributed by atoms with Crippen molar-refractivity contribution in [3.63, 3.8) is 0 Å². The van der Waals surface area contributed by atoms with E-state index in [2.05, 4.69) is 20.3 Å². The van der Waals surface area contributed by atoms with Crippen LogP contribution in [0.2, 0.25) is 0 Å².